The van der Waals surface area contributed by atoms with Gasteiger partial charge >= 0.3 is 0 Å². The summed E-state index contributed by atoms with van der Waals surface area (Å²) in [7, 11) is 0. The molecular weight excluding hydrogens is 310 g/mol. The van der Waals surface area contributed by atoms with E-state index in [1.54, 1.807) is 11.0 Å². The Balaban J connectivity index is 1.49. The minimum atomic E-state index is -0.343. The summed E-state index contributed by atoms with van der Waals surface area (Å²) in [6.45, 7) is 3.57. The van der Waals surface area contributed by atoms with Crippen LogP contribution in [0.1, 0.15) is 15.9 Å². The van der Waals surface area contributed by atoms with Gasteiger partial charge < -0.3 is 4.90 Å². The molecule has 0 bridgehead atoms. The van der Waals surface area contributed by atoms with Gasteiger partial charge in [-0.2, -0.15) is 0 Å². The van der Waals surface area contributed by atoms with E-state index >= 15 is 0 Å². The number of rotatable bonds is 4. The number of hydrogen-bond donors (Lipinski definition) is 0. The highest BCUT2D eigenvalue weighted by atomic mass is 19.1. The molecule has 0 N–H and O–H groups in total. The van der Waals surface area contributed by atoms with Crippen molar-refractivity contribution in [2.75, 3.05) is 32.7 Å². The average molecular weight is 330 g/mol. The average Bonchev–Trinajstić information content (AvgIpc) is 2.62. The lowest BCUT2D eigenvalue weighted by Gasteiger charge is -2.34. The van der Waals surface area contributed by atoms with Gasteiger partial charge in [-0.25, -0.2) is 8.78 Å². The van der Waals surface area contributed by atoms with Crippen molar-refractivity contribution in [1.82, 2.24) is 9.80 Å². The maximum Gasteiger partial charge on any atom is 0.253 e. The van der Waals surface area contributed by atoms with E-state index in [2.05, 4.69) is 4.90 Å². The molecule has 1 heterocycles. The van der Waals surface area contributed by atoms with Crippen molar-refractivity contribution in [1.29, 1.82) is 0 Å². The lowest BCUT2D eigenvalue weighted by Crippen LogP contribution is -2.49. The van der Waals surface area contributed by atoms with Crippen LogP contribution >= 0.6 is 0 Å². The van der Waals surface area contributed by atoms with E-state index in [0.717, 1.165) is 25.2 Å². The minimum Gasteiger partial charge on any atom is -0.336 e. The molecule has 1 aliphatic heterocycles. The predicted molar refractivity (Wildman–Crippen MR) is 88.8 cm³/mol. The number of carbonyl (C=O) groups is 1. The third-order valence-corrected chi connectivity index (χ3v) is 4.41. The third-order valence-electron chi connectivity index (χ3n) is 4.41. The molecule has 0 atom stereocenters. The molecule has 1 aliphatic rings. The Morgan fingerprint density at radius 2 is 1.58 bits per heavy atom. The monoisotopic (exact) mass is 330 g/mol. The first-order valence-corrected chi connectivity index (χ1v) is 8.14. The molecule has 1 saturated heterocycles. The molecule has 0 unspecified atom stereocenters. The zero-order valence-corrected chi connectivity index (χ0v) is 13.4. The Kier molecular flexibility index (Phi) is 5.20. The van der Waals surface area contributed by atoms with Gasteiger partial charge in [-0.05, 0) is 42.3 Å². The van der Waals surface area contributed by atoms with Crippen LogP contribution in [0.2, 0.25) is 0 Å². The van der Waals surface area contributed by atoms with E-state index in [0.29, 0.717) is 25.1 Å². The summed E-state index contributed by atoms with van der Waals surface area (Å²) in [5.74, 6) is -0.573. The topological polar surface area (TPSA) is 23.6 Å². The van der Waals surface area contributed by atoms with Gasteiger partial charge in [0.25, 0.3) is 5.91 Å². The smallest absolute Gasteiger partial charge is 0.253 e. The molecule has 3 nitrogen and oxygen atoms in total. The number of halogens is 2. The highest BCUT2D eigenvalue weighted by molar-refractivity contribution is 5.94. The maximum atomic E-state index is 13.6. The van der Waals surface area contributed by atoms with Crippen LogP contribution in [0, 0.1) is 11.6 Å². The molecule has 0 radical (unpaired) electrons. The largest absolute Gasteiger partial charge is 0.336 e. The van der Waals surface area contributed by atoms with Gasteiger partial charge in [0.05, 0.1) is 0 Å². The van der Waals surface area contributed by atoms with Gasteiger partial charge in [-0.3, -0.25) is 9.69 Å². The van der Waals surface area contributed by atoms with Gasteiger partial charge in [0.1, 0.15) is 11.6 Å². The first-order chi connectivity index (χ1) is 11.6. The SMILES string of the molecule is O=C(c1ccc(F)cc1)N1CCN(CCc2ccccc2F)CC1. The van der Waals surface area contributed by atoms with Crippen molar-refractivity contribution in [2.24, 2.45) is 0 Å². The van der Waals surface area contributed by atoms with Crippen molar-refractivity contribution in [3.63, 3.8) is 0 Å². The minimum absolute atomic E-state index is 0.0660. The summed E-state index contributed by atoms with van der Waals surface area (Å²) in [5, 5.41) is 0. The Morgan fingerprint density at radius 3 is 2.25 bits per heavy atom. The van der Waals surface area contributed by atoms with Crippen molar-refractivity contribution < 1.29 is 13.6 Å². The number of piperazine rings is 1. The lowest BCUT2D eigenvalue weighted by molar-refractivity contribution is 0.0638. The normalized spacial score (nSPS) is 15.5. The fraction of sp³-hybridized carbons (Fsp3) is 0.316. The number of hydrogen-bond acceptors (Lipinski definition) is 2. The fourth-order valence-electron chi connectivity index (χ4n) is 2.93. The quantitative estimate of drug-likeness (QED) is 0.860. The molecule has 0 aromatic heterocycles. The third kappa shape index (κ3) is 3.97. The number of nitrogens with zero attached hydrogens (tertiary/aromatic N) is 2. The van der Waals surface area contributed by atoms with Crippen molar-refractivity contribution in [2.45, 2.75) is 6.42 Å². The molecule has 126 valence electrons. The molecule has 0 saturated carbocycles. The van der Waals surface area contributed by atoms with E-state index in [9.17, 15) is 13.6 Å². The first-order valence-electron chi connectivity index (χ1n) is 8.14. The molecular formula is C19H20F2N2O. The number of carbonyl (C=O) groups excluding carboxylic acids is 1. The van der Waals surface area contributed by atoms with E-state index in [1.165, 1.54) is 30.3 Å². The van der Waals surface area contributed by atoms with Gasteiger partial charge in [0.15, 0.2) is 0 Å². The molecule has 3 rings (SSSR count). The van der Waals surface area contributed by atoms with Crippen LogP contribution in [0.4, 0.5) is 8.78 Å². The summed E-state index contributed by atoms with van der Waals surface area (Å²) in [5.41, 5.74) is 1.23. The second-order valence-corrected chi connectivity index (χ2v) is 5.98. The van der Waals surface area contributed by atoms with Gasteiger partial charge in [-0.1, -0.05) is 18.2 Å². The predicted octanol–water partition coefficient (Wildman–Crippen LogP) is 2.97. The molecule has 0 spiro atoms. The Morgan fingerprint density at radius 1 is 0.917 bits per heavy atom. The summed E-state index contributed by atoms with van der Waals surface area (Å²) < 4.78 is 26.6. The second-order valence-electron chi connectivity index (χ2n) is 5.98. The summed E-state index contributed by atoms with van der Waals surface area (Å²) in [6, 6.07) is 12.5. The van der Waals surface area contributed by atoms with E-state index in [4.69, 9.17) is 0 Å². The second kappa shape index (κ2) is 7.53. The Bertz CT molecular complexity index is 695. The molecule has 24 heavy (non-hydrogen) atoms. The van der Waals surface area contributed by atoms with Gasteiger partial charge in [-0.15, -0.1) is 0 Å². The van der Waals surface area contributed by atoms with Crippen molar-refractivity contribution in [3.05, 3.63) is 71.3 Å². The summed E-state index contributed by atoms with van der Waals surface area (Å²) >= 11 is 0. The van der Waals surface area contributed by atoms with E-state index in [-0.39, 0.29) is 17.5 Å². The number of benzene rings is 2. The molecule has 2 aromatic carbocycles. The zero-order chi connectivity index (χ0) is 16.9. The van der Waals surface area contributed by atoms with Gasteiger partial charge in [0, 0.05) is 38.3 Å². The first kappa shape index (κ1) is 16.6. The standard InChI is InChI=1S/C19H20F2N2O/c20-17-7-5-16(6-8-17)19(24)23-13-11-22(12-14-23)10-9-15-3-1-2-4-18(15)21/h1-8H,9-14H2. The van der Waals surface area contributed by atoms with E-state index in [1.807, 2.05) is 12.1 Å². The zero-order valence-electron chi connectivity index (χ0n) is 13.4. The summed E-state index contributed by atoms with van der Waals surface area (Å²) in [6.07, 6.45) is 0.665. The molecule has 1 amide bonds. The molecule has 2 aromatic rings. The maximum absolute atomic E-state index is 13.6. The Hall–Kier alpha value is -2.27. The van der Waals surface area contributed by atoms with Crippen LogP contribution in [0.5, 0.6) is 0 Å². The van der Waals surface area contributed by atoms with Crippen LogP contribution in [-0.2, 0) is 6.42 Å². The number of amides is 1. The molecule has 0 aliphatic carbocycles. The van der Waals surface area contributed by atoms with E-state index < -0.39 is 0 Å². The Labute approximate surface area is 140 Å². The molecule has 1 fully saturated rings. The van der Waals surface area contributed by atoms with Crippen LogP contribution in [0.3, 0.4) is 0 Å². The lowest BCUT2D eigenvalue weighted by atomic mass is 10.1. The summed E-state index contributed by atoms with van der Waals surface area (Å²) in [4.78, 5) is 16.4. The highest BCUT2D eigenvalue weighted by Crippen LogP contribution is 2.12. The van der Waals surface area contributed by atoms with Crippen LogP contribution < -0.4 is 0 Å². The van der Waals surface area contributed by atoms with Crippen molar-refractivity contribution in [3.8, 4) is 0 Å². The molecule has 5 heteroatoms. The van der Waals surface area contributed by atoms with Crippen LogP contribution in [-0.4, -0.2) is 48.4 Å². The van der Waals surface area contributed by atoms with Gasteiger partial charge in [0.2, 0.25) is 0 Å². The highest BCUT2D eigenvalue weighted by Gasteiger charge is 2.22. The van der Waals surface area contributed by atoms with Crippen LogP contribution in [0.15, 0.2) is 48.5 Å². The fourth-order valence-corrected chi connectivity index (χ4v) is 2.93. The van der Waals surface area contributed by atoms with Crippen molar-refractivity contribution >= 4 is 5.91 Å². The van der Waals surface area contributed by atoms with Crippen LogP contribution in [0.25, 0.3) is 0 Å².